The molecule has 1 aliphatic rings. The molecule has 3 amide bonds. The van der Waals surface area contributed by atoms with Crippen molar-refractivity contribution in [3.8, 4) is 0 Å². The Morgan fingerprint density at radius 3 is 1.66 bits per heavy atom. The second-order valence-electron chi connectivity index (χ2n) is 22.9. The molecule has 11 N–H and O–H groups in total. The first-order valence-electron chi connectivity index (χ1n) is 30.9. The highest BCUT2D eigenvalue weighted by atomic mass is 32.1. The molecule has 2 aromatic carbocycles. The van der Waals surface area contributed by atoms with Crippen LogP contribution in [0, 0.1) is 17.8 Å². The minimum atomic E-state index is -1.68. The maximum Gasteiger partial charge on any atom is 0.328 e. The van der Waals surface area contributed by atoms with Crippen molar-refractivity contribution in [2.75, 3.05) is 123 Å². The van der Waals surface area contributed by atoms with E-state index in [0.29, 0.717) is 23.4 Å². The molecule has 528 valence electrons. The summed E-state index contributed by atoms with van der Waals surface area (Å²) in [4.78, 5) is 165. The number of H-pyrrole nitrogens is 1. The first-order chi connectivity index (χ1) is 45.7. The zero-order chi connectivity index (χ0) is 70.7. The van der Waals surface area contributed by atoms with Crippen LogP contribution in [0.4, 0.5) is 5.69 Å². The van der Waals surface area contributed by atoms with E-state index >= 15 is 0 Å². The minimum absolute atomic E-state index is 0.0256. The lowest BCUT2D eigenvalue weighted by Crippen LogP contribution is -2.53. The molecule has 96 heavy (non-hydrogen) atoms. The van der Waals surface area contributed by atoms with Gasteiger partial charge in [0.2, 0.25) is 17.7 Å². The van der Waals surface area contributed by atoms with E-state index in [-0.39, 0.29) is 103 Å². The quantitative estimate of drug-likeness (QED) is 0.0185. The van der Waals surface area contributed by atoms with Gasteiger partial charge in [0.1, 0.15) is 24.7 Å². The van der Waals surface area contributed by atoms with E-state index in [0.717, 1.165) is 5.56 Å². The number of hydrogen-bond donors (Lipinski definition) is 11. The van der Waals surface area contributed by atoms with Crippen molar-refractivity contribution in [3.05, 3.63) is 83.9 Å². The number of aryl methyl sites for hydroxylation is 1. The third-order valence-electron chi connectivity index (χ3n) is 15.5. The maximum atomic E-state index is 13.9. The van der Waals surface area contributed by atoms with E-state index in [4.69, 9.17) is 21.7 Å². The van der Waals surface area contributed by atoms with Gasteiger partial charge in [-0.15, -0.1) is 0 Å². The zero-order valence-electron chi connectivity index (χ0n) is 53.1. The van der Waals surface area contributed by atoms with Crippen molar-refractivity contribution in [1.29, 1.82) is 0 Å². The number of aliphatic hydroxyl groups excluding tert-OH is 2. The Morgan fingerprint density at radius 2 is 1.14 bits per heavy atom. The lowest BCUT2D eigenvalue weighted by molar-refractivity contribution is -0.308. The van der Waals surface area contributed by atoms with E-state index in [9.17, 15) is 98.4 Å². The normalized spacial score (nSPS) is 15.9. The largest absolute Gasteiger partial charge is 0.549 e. The number of carbonyl (C=O) groups excluding carboxylic acids is 9. The molecule has 33 nitrogen and oxygen atoms in total. The van der Waals surface area contributed by atoms with Crippen LogP contribution in [0.3, 0.4) is 0 Å². The Bertz CT molecular complexity index is 3020. The number of hydrogen-bond acceptors (Lipinski definition) is 25. The third-order valence-corrected chi connectivity index (χ3v) is 15.8. The predicted octanol–water partition coefficient (Wildman–Crippen LogP) is -6.18. The van der Waals surface area contributed by atoms with Crippen LogP contribution < -0.4 is 41.9 Å². The Kier molecular flexibility index (Phi) is 35.4. The summed E-state index contributed by atoms with van der Waals surface area (Å²) in [6.07, 6.45) is 0.417. The monoisotopic (exact) mass is 1370 g/mol. The van der Waals surface area contributed by atoms with Gasteiger partial charge in [-0.2, -0.15) is 0 Å². The smallest absolute Gasteiger partial charge is 0.328 e. The summed E-state index contributed by atoms with van der Waals surface area (Å²) in [6, 6.07) is 9.78. The fourth-order valence-corrected chi connectivity index (χ4v) is 10.5. The number of nitrogens with one attached hydrogen (secondary N) is 6. The number of aliphatic hydroxyl groups is 2. The summed E-state index contributed by atoms with van der Waals surface area (Å²) in [5.74, 6) is -17.0. The van der Waals surface area contributed by atoms with Crippen molar-refractivity contribution in [3.63, 3.8) is 0 Å². The number of benzene rings is 2. The number of aromatic amines is 1. The first-order valence-corrected chi connectivity index (χ1v) is 31.3. The van der Waals surface area contributed by atoms with E-state index < -0.39 is 178 Å². The van der Waals surface area contributed by atoms with Gasteiger partial charge >= 0.3 is 17.9 Å². The van der Waals surface area contributed by atoms with E-state index in [1.807, 2.05) is 0 Å². The van der Waals surface area contributed by atoms with Crippen molar-refractivity contribution in [1.82, 2.24) is 50.8 Å². The number of carboxylic acids is 6. The lowest BCUT2D eigenvalue weighted by Gasteiger charge is -2.36. The summed E-state index contributed by atoms with van der Waals surface area (Å²) in [6.45, 7) is -1.37. The number of imidazole rings is 1. The maximum absolute atomic E-state index is 13.9. The molecule has 1 aromatic heterocycles. The van der Waals surface area contributed by atoms with Gasteiger partial charge < -0.3 is 96.3 Å². The second-order valence-corrected chi connectivity index (χ2v) is 23.3. The van der Waals surface area contributed by atoms with Crippen LogP contribution in [0.15, 0.2) is 67.1 Å². The standard InChI is InChI=1S/C62H87N11O22S/c1-39(51(77)28-43(26-46-31-63-38-65-46)59(89)68-48(35-74)52(78)29-42(25-41-5-3-2-4-6-41)58(88)69-49(36-75)60(90)91)66-57(87)44(30-53(79)80)27-47(76)37-95-24-23-94-22-13-64-62(96)67-45-10-7-40(8-11-45)9-12-50(61(92)93)73-20-18-71(33-55(83)84)16-14-70(32-54(81)82)15-17-72(19-21-73)34-56(85)86/h2-8,10-11,31,38-39,42-44,48-50,74-75H,9,12-30,32-37H2,1H3,(H,63,65)(H,66,87)(H,68,89)(H,69,88)(H,79,80)(H,81,82)(H,83,84)(H,85,86)(H,90,91)(H,92,93)(H2,64,67,96)/p-3/t39-,42+,43+,44-,48-,49-,50?/m0/s1. The topological polar surface area (TPSA) is 495 Å². The molecule has 2 heterocycles. The summed E-state index contributed by atoms with van der Waals surface area (Å²) in [7, 11) is 0. The molecule has 4 rings (SSSR count). The Hall–Kier alpha value is -8.74. The van der Waals surface area contributed by atoms with Crippen LogP contribution in [-0.2, 0) is 86.3 Å². The highest BCUT2D eigenvalue weighted by Crippen LogP contribution is 2.20. The Labute approximate surface area is 558 Å². The molecule has 3 aromatic rings. The molecule has 0 spiro atoms. The van der Waals surface area contributed by atoms with Gasteiger partial charge in [-0.1, -0.05) is 42.5 Å². The molecule has 1 aliphatic heterocycles. The molecule has 34 heteroatoms. The SMILES string of the molecule is C[C@H](NC(=O)[C@H](CC(=O)O)CC(=O)COCCOCCNC(=S)Nc1ccc(CCC(C(=O)O)N2CCN(CC(=O)[O-])CCN(CC(=O)[O-])CCN(CC(=O)[O-])CC2)cc1)C(=O)C[C@@H](Cc1cnc[nH]1)C(=O)N[C@@H](CO)C(=O)C[C@@H](Cc1ccccc1)C(=O)N[C@@H](CO)C(=O)O. The number of anilines is 1. The molecule has 0 radical (unpaired) electrons. The Morgan fingerprint density at radius 1 is 0.604 bits per heavy atom. The summed E-state index contributed by atoms with van der Waals surface area (Å²) >= 11 is 5.41. The third kappa shape index (κ3) is 30.8. The summed E-state index contributed by atoms with van der Waals surface area (Å²) in [5.41, 5.74) is 2.37. The fourth-order valence-electron chi connectivity index (χ4n) is 10.3. The highest BCUT2D eigenvalue weighted by Gasteiger charge is 2.35. The second kappa shape index (κ2) is 42.6. The fraction of sp³-hybridized carbons (Fsp3) is 0.548. The van der Waals surface area contributed by atoms with Gasteiger partial charge in [0.05, 0.1) is 81.6 Å². The van der Waals surface area contributed by atoms with Gasteiger partial charge in [0, 0.05) is 128 Å². The van der Waals surface area contributed by atoms with Gasteiger partial charge in [-0.05, 0) is 61.7 Å². The van der Waals surface area contributed by atoms with Gasteiger partial charge in [-0.25, -0.2) is 9.78 Å². The lowest BCUT2D eigenvalue weighted by atomic mass is 9.90. The number of aromatic nitrogens is 2. The van der Waals surface area contributed by atoms with Crippen molar-refractivity contribution >= 4 is 93.9 Å². The number of ketones is 3. The summed E-state index contributed by atoms with van der Waals surface area (Å²) < 4.78 is 11.0. The van der Waals surface area contributed by atoms with Gasteiger partial charge in [0.15, 0.2) is 22.5 Å². The Balaban J connectivity index is 1.21. The molecule has 0 saturated carbocycles. The number of carboxylic acid groups (broad SMARTS) is 6. The molecule has 7 atom stereocenters. The van der Waals surface area contributed by atoms with Crippen molar-refractivity contribution in [2.24, 2.45) is 17.8 Å². The number of Topliss-reactive ketones (excluding diaryl/α,β-unsaturated/α-hetero) is 3. The van der Waals surface area contributed by atoms with E-state index in [1.54, 1.807) is 59.5 Å². The molecular weight excluding hydrogens is 1280 g/mol. The number of carbonyl (C=O) groups is 12. The summed E-state index contributed by atoms with van der Waals surface area (Å²) in [5, 5.41) is 97.1. The van der Waals surface area contributed by atoms with Crippen LogP contribution in [0.1, 0.15) is 55.8 Å². The van der Waals surface area contributed by atoms with Crippen LogP contribution in [0.25, 0.3) is 0 Å². The molecule has 1 unspecified atom stereocenters. The van der Waals surface area contributed by atoms with Crippen molar-refractivity contribution < 1.29 is 108 Å². The molecular formula is C62H84N11O22S-3. The van der Waals surface area contributed by atoms with Gasteiger partial charge in [0.25, 0.3) is 0 Å². The number of aliphatic carboxylic acids is 6. The first kappa shape index (κ1) is 79.7. The van der Waals surface area contributed by atoms with E-state index in [2.05, 4.69) is 36.6 Å². The van der Waals surface area contributed by atoms with Crippen LogP contribution in [-0.4, -0.2) is 273 Å². The van der Waals surface area contributed by atoms with Crippen LogP contribution >= 0.6 is 12.2 Å². The molecule has 0 bridgehead atoms. The zero-order valence-corrected chi connectivity index (χ0v) is 53.9. The number of thiocarbonyl (C=S) groups is 1. The molecule has 0 aliphatic carbocycles. The number of nitrogens with zero attached hydrogens (tertiary/aromatic N) is 5. The number of ether oxygens (including phenoxy) is 2. The number of rotatable bonds is 43. The average molecular weight is 1370 g/mol. The number of amides is 3. The van der Waals surface area contributed by atoms with Crippen LogP contribution in [0.5, 0.6) is 0 Å². The van der Waals surface area contributed by atoms with E-state index in [1.165, 1.54) is 34.1 Å². The minimum Gasteiger partial charge on any atom is -0.549 e. The highest BCUT2D eigenvalue weighted by molar-refractivity contribution is 7.80. The molecule has 1 saturated heterocycles. The van der Waals surface area contributed by atoms with Crippen LogP contribution in [0.2, 0.25) is 0 Å². The predicted molar refractivity (Wildman–Crippen MR) is 335 cm³/mol. The van der Waals surface area contributed by atoms with Gasteiger partial charge in [-0.3, -0.25) is 58.0 Å². The molecule has 1 fully saturated rings. The van der Waals surface area contributed by atoms with Crippen molar-refractivity contribution in [2.45, 2.75) is 82.5 Å². The average Bonchev–Trinajstić information content (AvgIpc) is 1.26.